The lowest BCUT2D eigenvalue weighted by Crippen LogP contribution is -2.55. The van der Waals surface area contributed by atoms with Gasteiger partial charge in [0.1, 0.15) is 0 Å². The molecule has 0 aliphatic carbocycles. The number of aryl methyl sites for hydroxylation is 1. The summed E-state index contributed by atoms with van der Waals surface area (Å²) in [6.07, 6.45) is -5.10. The quantitative estimate of drug-likeness (QED) is 0.515. The van der Waals surface area contributed by atoms with E-state index in [1.54, 1.807) is 36.9 Å². The van der Waals surface area contributed by atoms with Crippen LogP contribution in [0.25, 0.3) is 0 Å². The first-order valence-corrected chi connectivity index (χ1v) is 12.2. The number of hydrogen-bond donors (Lipinski definition) is 1. The molecule has 0 aromatic heterocycles. The molecule has 2 heterocycles. The van der Waals surface area contributed by atoms with Gasteiger partial charge in [-0.15, -0.1) is 0 Å². The van der Waals surface area contributed by atoms with Gasteiger partial charge >= 0.3 is 6.18 Å². The fourth-order valence-electron chi connectivity index (χ4n) is 4.33. The molecule has 2 aromatic rings. The number of carbonyl (C=O) groups is 1. The minimum Gasteiger partial charge on any atom is -0.345 e. The van der Waals surface area contributed by atoms with Gasteiger partial charge in [0.15, 0.2) is 0 Å². The van der Waals surface area contributed by atoms with E-state index in [1.807, 2.05) is 6.92 Å². The van der Waals surface area contributed by atoms with Crippen molar-refractivity contribution in [2.24, 2.45) is 0 Å². The van der Waals surface area contributed by atoms with Gasteiger partial charge in [0.2, 0.25) is 5.60 Å². The smallest absolute Gasteiger partial charge is 0.345 e. The third kappa shape index (κ3) is 4.60. The number of hydrogen-bond acceptors (Lipinski definition) is 4. The number of thioether (sulfide) groups is 1. The molecule has 2 unspecified atom stereocenters. The van der Waals surface area contributed by atoms with E-state index in [1.165, 1.54) is 30.3 Å². The highest BCUT2D eigenvalue weighted by atomic mass is 35.5. The van der Waals surface area contributed by atoms with Crippen LogP contribution < -0.4 is 5.32 Å². The lowest BCUT2D eigenvalue weighted by molar-refractivity contribution is -0.322. The summed E-state index contributed by atoms with van der Waals surface area (Å²) >= 11 is 13.8. The topological polar surface area (TPSA) is 41.6 Å². The normalized spacial score (nSPS) is 25.0. The van der Waals surface area contributed by atoms with Crippen molar-refractivity contribution in [2.75, 3.05) is 18.6 Å². The molecule has 0 radical (unpaired) electrons. The Hall–Kier alpha value is -1.45. The molecule has 33 heavy (non-hydrogen) atoms. The second-order valence-corrected chi connectivity index (χ2v) is 10.8. The molecule has 2 aliphatic rings. The first-order valence-electron chi connectivity index (χ1n) is 10.3. The van der Waals surface area contributed by atoms with Crippen molar-refractivity contribution in [2.45, 2.75) is 43.6 Å². The molecule has 2 aliphatic heterocycles. The zero-order chi connectivity index (χ0) is 24.2. The van der Waals surface area contributed by atoms with Crippen LogP contribution in [-0.4, -0.2) is 41.2 Å². The van der Waals surface area contributed by atoms with E-state index < -0.39 is 17.8 Å². The van der Waals surface area contributed by atoms with E-state index in [-0.39, 0.29) is 33.5 Å². The van der Waals surface area contributed by atoms with Gasteiger partial charge in [0.05, 0.1) is 11.6 Å². The van der Waals surface area contributed by atoms with Gasteiger partial charge < -0.3 is 5.32 Å². The zero-order valence-corrected chi connectivity index (χ0v) is 20.6. The molecule has 10 heteroatoms. The third-order valence-electron chi connectivity index (χ3n) is 6.14. The predicted molar refractivity (Wildman–Crippen MR) is 125 cm³/mol. The maximum Gasteiger partial charge on any atom is 0.423 e. The molecule has 2 fully saturated rings. The molecular weight excluding hydrogens is 496 g/mol. The Bertz CT molecular complexity index is 1070. The second-order valence-electron chi connectivity index (χ2n) is 8.92. The molecule has 178 valence electrons. The van der Waals surface area contributed by atoms with Crippen molar-refractivity contribution in [3.63, 3.8) is 0 Å². The number of hydroxylamine groups is 2. The van der Waals surface area contributed by atoms with Crippen molar-refractivity contribution in [1.29, 1.82) is 0 Å². The van der Waals surface area contributed by atoms with Crippen LogP contribution in [0.2, 0.25) is 10.0 Å². The van der Waals surface area contributed by atoms with Crippen molar-refractivity contribution in [3.8, 4) is 0 Å². The van der Waals surface area contributed by atoms with Gasteiger partial charge in [-0.2, -0.15) is 30.0 Å². The lowest BCUT2D eigenvalue weighted by atomic mass is 9.85. The van der Waals surface area contributed by atoms with E-state index in [9.17, 15) is 18.0 Å². The van der Waals surface area contributed by atoms with Crippen LogP contribution in [0, 0.1) is 6.92 Å². The van der Waals surface area contributed by atoms with Crippen LogP contribution in [-0.2, 0) is 10.4 Å². The van der Waals surface area contributed by atoms with Crippen LogP contribution in [0.4, 0.5) is 13.2 Å². The van der Waals surface area contributed by atoms with E-state index in [4.69, 9.17) is 28.0 Å². The Labute approximate surface area is 204 Å². The first-order chi connectivity index (χ1) is 15.3. The Kier molecular flexibility index (Phi) is 6.46. The Morgan fingerprint density at radius 1 is 1.18 bits per heavy atom. The van der Waals surface area contributed by atoms with Crippen LogP contribution in [0.15, 0.2) is 36.4 Å². The van der Waals surface area contributed by atoms with Gasteiger partial charge in [-0.3, -0.25) is 9.63 Å². The number of nitrogens with one attached hydrogen (secondary N) is 1. The molecule has 2 atom stereocenters. The summed E-state index contributed by atoms with van der Waals surface area (Å²) in [5.74, 6) is 1.52. The lowest BCUT2D eigenvalue weighted by Gasteiger charge is -2.38. The monoisotopic (exact) mass is 518 g/mol. The van der Waals surface area contributed by atoms with Crippen molar-refractivity contribution in [1.82, 2.24) is 10.4 Å². The summed E-state index contributed by atoms with van der Waals surface area (Å²) in [4.78, 5) is 18.2. The second kappa shape index (κ2) is 8.64. The number of alkyl halides is 3. The van der Waals surface area contributed by atoms with E-state index >= 15 is 0 Å². The predicted octanol–water partition coefficient (Wildman–Crippen LogP) is 6.30. The number of carbonyl (C=O) groups excluding carboxylic acids is 1. The van der Waals surface area contributed by atoms with Crippen molar-refractivity contribution in [3.05, 3.63) is 68.7 Å². The van der Waals surface area contributed by atoms with Crippen molar-refractivity contribution < 1.29 is 22.8 Å². The molecule has 1 amide bonds. The number of amides is 1. The van der Waals surface area contributed by atoms with Gasteiger partial charge in [0, 0.05) is 40.6 Å². The summed E-state index contributed by atoms with van der Waals surface area (Å²) in [6.45, 7) is 3.77. The molecule has 2 saturated heterocycles. The molecule has 4 nitrogen and oxygen atoms in total. The summed E-state index contributed by atoms with van der Waals surface area (Å²) < 4.78 is 43.1. The number of halogens is 5. The maximum absolute atomic E-state index is 14.4. The van der Waals surface area contributed by atoms with Crippen molar-refractivity contribution >= 4 is 40.9 Å². The molecule has 1 N–H and O–H groups in total. The van der Waals surface area contributed by atoms with Gasteiger partial charge in [-0.05, 0) is 54.8 Å². The van der Waals surface area contributed by atoms with Crippen LogP contribution in [0.1, 0.15) is 46.4 Å². The minimum atomic E-state index is -4.71. The highest BCUT2D eigenvalue weighted by molar-refractivity contribution is 8.00. The zero-order valence-electron chi connectivity index (χ0n) is 18.2. The Morgan fingerprint density at radius 2 is 1.82 bits per heavy atom. The fraction of sp³-hybridized carbons (Fsp3) is 0.435. The molecule has 0 spiro atoms. The number of nitrogens with zero attached hydrogens (tertiary/aromatic N) is 1. The average Bonchev–Trinajstić information content (AvgIpc) is 3.04. The SMILES string of the molecule is Cc1cc(C2CC(c3cc(Cl)cc(Cl)c3)(C(F)(F)F)ON2C)ccc1C(=O)NC1(C)CSC1. The fourth-order valence-corrected chi connectivity index (χ4v) is 5.82. The van der Waals surface area contributed by atoms with Crippen LogP contribution >= 0.6 is 35.0 Å². The summed E-state index contributed by atoms with van der Waals surface area (Å²) in [6, 6.07) is 8.23. The molecule has 0 saturated carbocycles. The highest BCUT2D eigenvalue weighted by Crippen LogP contribution is 2.54. The largest absolute Gasteiger partial charge is 0.423 e. The number of benzene rings is 2. The van der Waals surface area contributed by atoms with Gasteiger partial charge in [-0.25, -0.2) is 0 Å². The summed E-state index contributed by atoms with van der Waals surface area (Å²) in [5, 5.41) is 4.45. The Morgan fingerprint density at radius 3 is 2.33 bits per heavy atom. The van der Waals surface area contributed by atoms with E-state index in [0.717, 1.165) is 11.5 Å². The molecular formula is C23H23Cl2F3N2O2S. The van der Waals surface area contributed by atoms with Gasteiger partial charge in [0.25, 0.3) is 5.91 Å². The van der Waals surface area contributed by atoms with Crippen LogP contribution in [0.5, 0.6) is 0 Å². The molecule has 4 rings (SSSR count). The van der Waals surface area contributed by atoms with Gasteiger partial charge in [-0.1, -0.05) is 35.3 Å². The standard InChI is InChI=1S/C23H23Cl2F3N2O2S/c1-13-6-14(4-5-18(13)20(31)29-21(2)11-33-12-21)19-10-22(23(26,27)28,32-30(19)3)15-7-16(24)9-17(25)8-15/h4-9,19H,10-12H2,1-3H3,(H,29,31). The highest BCUT2D eigenvalue weighted by Gasteiger charge is 2.63. The molecule has 0 bridgehead atoms. The number of rotatable bonds is 4. The third-order valence-corrected chi connectivity index (χ3v) is 8.26. The van der Waals surface area contributed by atoms with E-state index in [2.05, 4.69) is 5.32 Å². The van der Waals surface area contributed by atoms with E-state index in [0.29, 0.717) is 16.7 Å². The maximum atomic E-state index is 14.4. The van der Waals surface area contributed by atoms with Crippen LogP contribution in [0.3, 0.4) is 0 Å². The first kappa shape index (κ1) is 24.7. The average molecular weight is 519 g/mol. The summed E-state index contributed by atoms with van der Waals surface area (Å²) in [7, 11) is 1.47. The molecule has 2 aromatic carbocycles. The Balaban J connectivity index is 1.64. The summed E-state index contributed by atoms with van der Waals surface area (Å²) in [5.41, 5.74) is -1.16. The minimum absolute atomic E-state index is 0.0978.